The number of aromatic hydroxyl groups is 1. The molecule has 1 heterocycles. The van der Waals surface area contributed by atoms with Gasteiger partial charge in [-0.05, 0) is 61.6 Å². The Hall–Kier alpha value is -6.89. The Morgan fingerprint density at radius 2 is 1.40 bits per heavy atom. The summed E-state index contributed by atoms with van der Waals surface area (Å²) in [5.41, 5.74) is 16.5. The van der Waals surface area contributed by atoms with E-state index in [-0.39, 0.29) is 30.9 Å². The normalized spacial score (nSPS) is 22.1. The lowest BCUT2D eigenvalue weighted by molar-refractivity contribution is -0.140. The molecule has 1 aliphatic rings. The smallest absolute Gasteiger partial charge is 0.245 e. The number of nitrogens with one attached hydrogen (secondary N) is 8. The molecule has 1 aromatic carbocycles. The third kappa shape index (κ3) is 20.7. The van der Waals surface area contributed by atoms with Gasteiger partial charge in [0.25, 0.3) is 0 Å². The van der Waals surface area contributed by atoms with E-state index in [1.54, 1.807) is 13.8 Å². The van der Waals surface area contributed by atoms with Crippen LogP contribution in [0.4, 0.5) is 0 Å². The van der Waals surface area contributed by atoms with E-state index in [0.29, 0.717) is 18.4 Å². The van der Waals surface area contributed by atoms with Gasteiger partial charge in [-0.2, -0.15) is 0 Å². The minimum absolute atomic E-state index is 0.0621. The molecule has 8 atom stereocenters. The summed E-state index contributed by atoms with van der Waals surface area (Å²) in [7, 11) is 1.20. The van der Waals surface area contributed by atoms with Gasteiger partial charge in [-0.3, -0.25) is 58.1 Å². The van der Waals surface area contributed by atoms with Crippen molar-refractivity contribution in [2.45, 2.75) is 128 Å². The van der Waals surface area contributed by atoms with Crippen LogP contribution in [-0.2, 0) is 59.2 Å². The topological polar surface area (TPSA) is 406 Å². The highest BCUT2D eigenvalue weighted by Gasteiger charge is 2.36. The fourth-order valence-electron chi connectivity index (χ4n) is 6.81. The van der Waals surface area contributed by atoms with E-state index in [9.17, 15) is 63.0 Å². The second-order valence-electron chi connectivity index (χ2n) is 17.2. The molecule has 0 aliphatic carbocycles. The molecule has 0 bridgehead atoms. The highest BCUT2D eigenvalue weighted by molar-refractivity contribution is 5.99. The lowest BCUT2D eigenvalue weighted by Crippen LogP contribution is -2.61. The van der Waals surface area contributed by atoms with Gasteiger partial charge in [-0.25, -0.2) is 0 Å². The molecule has 68 heavy (non-hydrogen) atoms. The van der Waals surface area contributed by atoms with Crippen LogP contribution < -0.4 is 59.7 Å². The summed E-state index contributed by atoms with van der Waals surface area (Å²) in [5, 5.41) is 40.6. The predicted octanol–water partition coefficient (Wildman–Crippen LogP) is -4.77. The largest absolute Gasteiger partial charge is 0.508 e. The maximum atomic E-state index is 14.0. The summed E-state index contributed by atoms with van der Waals surface area (Å²) < 4.78 is 0. The van der Waals surface area contributed by atoms with E-state index < -0.39 is 159 Å². The van der Waals surface area contributed by atoms with Gasteiger partial charge in [0.05, 0.1) is 26.1 Å². The Balaban J connectivity index is 2.58. The molecule has 1 saturated heterocycles. The van der Waals surface area contributed by atoms with Gasteiger partial charge in [0.2, 0.25) is 65.0 Å². The quantitative estimate of drug-likeness (QED) is 0.0620. The first kappa shape index (κ1) is 57.2. The van der Waals surface area contributed by atoms with Crippen molar-refractivity contribution in [3.8, 4) is 5.75 Å². The molecular weight excluding hydrogens is 893 g/mol. The van der Waals surface area contributed by atoms with Crippen molar-refractivity contribution in [2.75, 3.05) is 26.7 Å². The summed E-state index contributed by atoms with van der Waals surface area (Å²) in [5.74, 6) is -10.5. The zero-order valence-corrected chi connectivity index (χ0v) is 39.1. The second kappa shape index (κ2) is 28.3. The molecule has 0 aromatic heterocycles. The number of primary amides is 3. The number of aliphatic hydroxyl groups is 1. The third-order valence-electron chi connectivity index (χ3n) is 10.9. The first-order valence-electron chi connectivity index (χ1n) is 22.3. The van der Waals surface area contributed by atoms with Gasteiger partial charge in [0, 0.05) is 19.9 Å². The number of carbonyl (C=O) groups is 11. The van der Waals surface area contributed by atoms with Gasteiger partial charge < -0.3 is 69.5 Å². The van der Waals surface area contributed by atoms with Crippen molar-refractivity contribution in [3.05, 3.63) is 29.8 Å². The minimum atomic E-state index is -1.81. The van der Waals surface area contributed by atoms with Crippen molar-refractivity contribution in [3.63, 3.8) is 0 Å². The van der Waals surface area contributed by atoms with Gasteiger partial charge in [-0.15, -0.1) is 0 Å². The number of nitrogens with zero attached hydrogens (tertiary/aromatic N) is 1. The number of amides is 11. The van der Waals surface area contributed by atoms with Crippen LogP contribution in [0.15, 0.2) is 24.3 Å². The van der Waals surface area contributed by atoms with Crippen molar-refractivity contribution < 1.29 is 63.0 Å². The molecule has 25 heteroatoms. The van der Waals surface area contributed by atoms with Crippen LogP contribution in [0.1, 0.15) is 84.6 Å². The molecule has 16 N–H and O–H groups in total. The molecule has 11 amide bonds. The lowest BCUT2D eigenvalue weighted by atomic mass is 9.96. The number of likely N-dealkylation sites (N-methyl/N-ethyl adjacent to an activating group) is 1. The van der Waals surface area contributed by atoms with Crippen LogP contribution in [0, 0.1) is 11.8 Å². The van der Waals surface area contributed by atoms with Crippen molar-refractivity contribution in [1.29, 1.82) is 0 Å². The van der Waals surface area contributed by atoms with Crippen LogP contribution in [0.2, 0.25) is 0 Å². The summed E-state index contributed by atoms with van der Waals surface area (Å²) in [6, 6.07) is -3.05. The molecule has 8 unspecified atom stereocenters. The maximum Gasteiger partial charge on any atom is 0.245 e. The fourth-order valence-corrected chi connectivity index (χ4v) is 6.81. The first-order valence-corrected chi connectivity index (χ1v) is 22.3. The first-order chi connectivity index (χ1) is 31.9. The molecule has 1 aliphatic heterocycles. The molecule has 0 radical (unpaired) electrons. The van der Waals surface area contributed by atoms with Crippen molar-refractivity contribution >= 4 is 65.0 Å². The molecule has 0 spiro atoms. The number of hydrogen-bond acceptors (Lipinski definition) is 14. The number of phenols is 1. The van der Waals surface area contributed by atoms with E-state index in [2.05, 4.69) is 42.5 Å². The minimum Gasteiger partial charge on any atom is -0.508 e. The van der Waals surface area contributed by atoms with Gasteiger partial charge in [0.1, 0.15) is 48.2 Å². The molecule has 1 fully saturated rings. The number of nitrogens with two attached hydrogens (primary N) is 3. The molecule has 25 nitrogen and oxygen atoms in total. The highest BCUT2D eigenvalue weighted by atomic mass is 16.3. The van der Waals surface area contributed by atoms with E-state index in [1.807, 2.05) is 13.8 Å². The standard InChI is InChI=1S/C43H68N12O13/c1-6-23(4)37-42(67)51-27(13-15-31(44)57)39(64)53-30(18-32(45)58)40(65)52-28(43(68)55(5)21-36(62)49-26(12-7-22(2)3)38(63)48-19-33(46)59)14-16-34(60)47-20-35(61)50-29(41(66)54-37)17-24-8-10-25(56)11-9-24/h8-11,22-23,26-30,34,37,47,56,60H,6-7,12-21H2,1-5H3,(H2,44,57)(H2,45,58)(H2,46,59)(H,48,63)(H,49,62)(H,50,61)(H,51,67)(H,52,65)(H,53,64)(H,54,66). The maximum absolute atomic E-state index is 14.0. The lowest BCUT2D eigenvalue weighted by Gasteiger charge is -2.30. The number of rotatable bonds is 19. The number of hydrogen-bond donors (Lipinski definition) is 13. The Labute approximate surface area is 393 Å². The Bertz CT molecular complexity index is 1970. The van der Waals surface area contributed by atoms with Gasteiger partial charge in [-0.1, -0.05) is 46.2 Å². The average Bonchev–Trinajstić information content (AvgIpc) is 3.26. The van der Waals surface area contributed by atoms with Crippen LogP contribution in [-0.4, -0.2) is 149 Å². The summed E-state index contributed by atoms with van der Waals surface area (Å²) in [4.78, 5) is 146. The zero-order chi connectivity index (χ0) is 51.2. The van der Waals surface area contributed by atoms with Gasteiger partial charge >= 0.3 is 0 Å². The molecule has 378 valence electrons. The number of phenolic OH excluding ortho intramolecular Hbond substituents is 1. The van der Waals surface area contributed by atoms with Crippen molar-refractivity contribution in [2.24, 2.45) is 29.0 Å². The zero-order valence-electron chi connectivity index (χ0n) is 39.1. The highest BCUT2D eigenvalue weighted by Crippen LogP contribution is 2.15. The van der Waals surface area contributed by atoms with E-state index in [1.165, 1.54) is 31.3 Å². The number of benzene rings is 1. The molecule has 0 saturated carbocycles. The summed E-state index contributed by atoms with van der Waals surface area (Å²) in [6.07, 6.45) is -3.13. The summed E-state index contributed by atoms with van der Waals surface area (Å²) in [6.45, 7) is 5.39. The SMILES string of the molecule is CCC(C)C1NC(=O)C(Cc2ccc(O)cc2)NC(=O)CNC(O)CCC(C(=O)N(C)CC(=O)NC(CCC(C)C)C(=O)NCC(N)=O)NC(=O)C(CC(N)=O)NC(=O)C(CCC(N)=O)NC1=O. The Kier molecular flexibility index (Phi) is 23.8. The number of aliphatic hydroxyl groups excluding tert-OH is 1. The second-order valence-corrected chi connectivity index (χ2v) is 17.2. The molecule has 1 aromatic rings. The van der Waals surface area contributed by atoms with Crippen LogP contribution in [0.25, 0.3) is 0 Å². The molecule has 2 rings (SSSR count). The molecular formula is C43H68N12O13. The van der Waals surface area contributed by atoms with E-state index >= 15 is 0 Å². The average molecular weight is 961 g/mol. The van der Waals surface area contributed by atoms with Crippen molar-refractivity contribution in [1.82, 2.24) is 47.4 Å². The summed E-state index contributed by atoms with van der Waals surface area (Å²) >= 11 is 0. The Morgan fingerprint density at radius 1 is 0.779 bits per heavy atom. The van der Waals surface area contributed by atoms with Crippen LogP contribution >= 0.6 is 0 Å². The number of carbonyl (C=O) groups excluding carboxylic acids is 11. The monoisotopic (exact) mass is 961 g/mol. The van der Waals surface area contributed by atoms with Crippen LogP contribution in [0.5, 0.6) is 5.75 Å². The fraction of sp³-hybridized carbons (Fsp3) is 0.605. The van der Waals surface area contributed by atoms with Crippen LogP contribution in [0.3, 0.4) is 0 Å². The van der Waals surface area contributed by atoms with E-state index in [4.69, 9.17) is 17.2 Å². The predicted molar refractivity (Wildman–Crippen MR) is 242 cm³/mol. The van der Waals surface area contributed by atoms with Gasteiger partial charge in [0.15, 0.2) is 0 Å². The third-order valence-corrected chi connectivity index (χ3v) is 10.9. The Morgan fingerprint density at radius 3 is 1.99 bits per heavy atom. The van der Waals surface area contributed by atoms with E-state index in [0.717, 1.165) is 4.90 Å².